The Labute approximate surface area is 215 Å². The van der Waals surface area contributed by atoms with Gasteiger partial charge in [-0.05, 0) is 36.8 Å². The van der Waals surface area contributed by atoms with Crippen molar-refractivity contribution in [2.45, 2.75) is 90.1 Å². The van der Waals surface area contributed by atoms with Crippen LogP contribution in [0.15, 0.2) is 49.1 Å². The van der Waals surface area contributed by atoms with Crippen molar-refractivity contribution < 1.29 is 37.8 Å². The molecular weight excluding hydrogens is 498 g/mol. The molecule has 0 aromatic carbocycles. The molecule has 4 N–H and O–H groups in total. The molecule has 2 rings (SSSR count). The van der Waals surface area contributed by atoms with Gasteiger partial charge in [0.25, 0.3) is 0 Å². The third kappa shape index (κ3) is 15.0. The zero-order chi connectivity index (χ0) is 26.3. The van der Waals surface area contributed by atoms with Gasteiger partial charge < -0.3 is 19.6 Å². The van der Waals surface area contributed by atoms with Crippen molar-refractivity contribution in [2.24, 2.45) is 0 Å². The van der Waals surface area contributed by atoms with Crippen molar-refractivity contribution in [3.8, 4) is 11.1 Å². The molecule has 0 aliphatic heterocycles. The van der Waals surface area contributed by atoms with Gasteiger partial charge in [-0.15, -0.1) is 0 Å². The summed E-state index contributed by atoms with van der Waals surface area (Å²) < 4.78 is 26.1. The summed E-state index contributed by atoms with van der Waals surface area (Å²) in [5, 5.41) is 0. The van der Waals surface area contributed by atoms with Crippen LogP contribution in [0.3, 0.4) is 0 Å². The Morgan fingerprint density at radius 1 is 0.472 bits per heavy atom. The maximum absolute atomic E-state index is 10.8. The first-order chi connectivity index (χ1) is 17.1. The van der Waals surface area contributed by atoms with E-state index in [-0.39, 0.29) is 12.3 Å². The Hall–Kier alpha value is -1.40. The van der Waals surface area contributed by atoms with E-state index >= 15 is 0 Å². The van der Waals surface area contributed by atoms with Gasteiger partial charge >= 0.3 is 15.2 Å². The SMILES string of the molecule is O=P(O)(O)CCCCCCCC[n+]1ccc(-c2cc[n+](CCCCCCCCP(=O)(O)O)cc2)cc1. The van der Waals surface area contributed by atoms with Crippen LogP contribution >= 0.6 is 15.2 Å². The number of hydrogen-bond acceptors (Lipinski definition) is 2. The molecule has 202 valence electrons. The standard InChI is InChI=1S/C26H42N2O6P2/c29-35(30,31)23-11-7-3-1-5-9-17-27-19-13-25(14-20-27)26-15-21-28(22-16-26)18-10-6-2-4-8-12-24-36(32,33)34/h13-16,19-22H,1-12,17-18,23-24H2,(H2-2,29,30,31,32,33,34)/p+2. The second-order valence-corrected chi connectivity index (χ2v) is 13.2. The predicted octanol–water partition coefficient (Wildman–Crippen LogP) is 4.97. The number of rotatable bonds is 19. The van der Waals surface area contributed by atoms with Crippen LogP contribution in [0.4, 0.5) is 0 Å². The van der Waals surface area contributed by atoms with Crippen LogP contribution in [0.1, 0.15) is 77.0 Å². The molecule has 8 nitrogen and oxygen atoms in total. The number of unbranched alkanes of at least 4 members (excludes halogenated alkanes) is 10. The van der Waals surface area contributed by atoms with E-state index < -0.39 is 15.2 Å². The van der Waals surface area contributed by atoms with E-state index in [0.717, 1.165) is 77.3 Å². The van der Waals surface area contributed by atoms with Crippen LogP contribution in [-0.4, -0.2) is 31.9 Å². The normalized spacial score (nSPS) is 12.2. The Balaban J connectivity index is 1.58. The third-order valence-electron chi connectivity index (χ3n) is 6.35. The summed E-state index contributed by atoms with van der Waals surface area (Å²) in [5.41, 5.74) is 2.39. The molecule has 0 fully saturated rings. The molecule has 0 saturated carbocycles. The minimum Gasteiger partial charge on any atom is -0.324 e. The van der Waals surface area contributed by atoms with Crippen LogP contribution in [0.5, 0.6) is 0 Å². The van der Waals surface area contributed by atoms with E-state index in [1.54, 1.807) is 0 Å². The maximum Gasteiger partial charge on any atom is 0.325 e. The monoisotopic (exact) mass is 542 g/mol. The van der Waals surface area contributed by atoms with Gasteiger partial charge in [0.2, 0.25) is 0 Å². The van der Waals surface area contributed by atoms with E-state index in [9.17, 15) is 9.13 Å². The lowest BCUT2D eigenvalue weighted by molar-refractivity contribution is -0.697. The second kappa shape index (κ2) is 16.4. The minimum atomic E-state index is -3.83. The first kappa shape index (κ1) is 30.8. The van der Waals surface area contributed by atoms with Gasteiger partial charge in [0.1, 0.15) is 13.1 Å². The molecule has 0 aliphatic carbocycles. The summed E-state index contributed by atoms with van der Waals surface area (Å²) in [5.74, 6) is 0. The summed E-state index contributed by atoms with van der Waals surface area (Å²) in [6.45, 7) is 1.95. The van der Waals surface area contributed by atoms with Crippen molar-refractivity contribution in [2.75, 3.05) is 12.3 Å². The highest BCUT2D eigenvalue weighted by molar-refractivity contribution is 7.52. The molecule has 0 saturated heterocycles. The van der Waals surface area contributed by atoms with Gasteiger partial charge in [-0.3, -0.25) is 9.13 Å². The van der Waals surface area contributed by atoms with Gasteiger partial charge in [0, 0.05) is 49.4 Å². The summed E-state index contributed by atoms with van der Waals surface area (Å²) in [4.78, 5) is 35.5. The van der Waals surface area contributed by atoms with E-state index in [1.165, 1.54) is 11.1 Å². The van der Waals surface area contributed by atoms with Gasteiger partial charge in [0.15, 0.2) is 24.8 Å². The predicted molar refractivity (Wildman–Crippen MR) is 141 cm³/mol. The minimum absolute atomic E-state index is 0.00408. The zero-order valence-electron chi connectivity index (χ0n) is 21.3. The largest absolute Gasteiger partial charge is 0.325 e. The average Bonchev–Trinajstić information content (AvgIpc) is 2.82. The third-order valence-corrected chi connectivity index (χ3v) is 8.14. The molecule has 0 aliphatic rings. The van der Waals surface area contributed by atoms with Crippen LogP contribution < -0.4 is 9.13 Å². The zero-order valence-corrected chi connectivity index (χ0v) is 23.1. The van der Waals surface area contributed by atoms with Crippen LogP contribution in [0, 0.1) is 0 Å². The van der Waals surface area contributed by atoms with Crippen molar-refractivity contribution in [3.63, 3.8) is 0 Å². The van der Waals surface area contributed by atoms with Crippen molar-refractivity contribution in [1.82, 2.24) is 0 Å². The first-order valence-corrected chi connectivity index (χ1v) is 16.8. The fourth-order valence-electron chi connectivity index (χ4n) is 4.24. The fourth-order valence-corrected chi connectivity index (χ4v) is 5.51. The highest BCUT2D eigenvalue weighted by Crippen LogP contribution is 2.36. The molecular formula is C26H44N2O6P2+2. The van der Waals surface area contributed by atoms with Gasteiger partial charge in [0.05, 0.1) is 0 Å². The summed E-state index contributed by atoms with van der Waals surface area (Å²) in [6.07, 6.45) is 20.2. The maximum atomic E-state index is 10.8. The van der Waals surface area contributed by atoms with E-state index in [0.29, 0.717) is 12.8 Å². The molecule has 2 aromatic heterocycles. The molecule has 2 aromatic rings. The molecule has 0 spiro atoms. The summed E-state index contributed by atoms with van der Waals surface area (Å²) >= 11 is 0. The van der Waals surface area contributed by atoms with Crippen molar-refractivity contribution in [1.29, 1.82) is 0 Å². The molecule has 0 radical (unpaired) electrons. The molecule has 0 bridgehead atoms. The number of aryl methyl sites for hydroxylation is 2. The second-order valence-electron chi connectivity index (χ2n) is 9.67. The topological polar surface area (TPSA) is 123 Å². The summed E-state index contributed by atoms with van der Waals surface area (Å²) in [6, 6.07) is 8.59. The fraction of sp³-hybridized carbons (Fsp3) is 0.615. The lowest BCUT2D eigenvalue weighted by Gasteiger charge is -2.04. The van der Waals surface area contributed by atoms with Gasteiger partial charge in [-0.1, -0.05) is 38.5 Å². The molecule has 2 heterocycles. The van der Waals surface area contributed by atoms with Gasteiger partial charge in [-0.25, -0.2) is 9.13 Å². The van der Waals surface area contributed by atoms with Crippen LogP contribution in [0.25, 0.3) is 11.1 Å². The van der Waals surface area contributed by atoms with Crippen molar-refractivity contribution >= 4 is 15.2 Å². The Morgan fingerprint density at radius 3 is 1.06 bits per heavy atom. The molecule has 36 heavy (non-hydrogen) atoms. The average molecular weight is 543 g/mol. The number of pyridine rings is 2. The molecule has 0 unspecified atom stereocenters. The number of aromatic nitrogens is 2. The van der Waals surface area contributed by atoms with Crippen molar-refractivity contribution in [3.05, 3.63) is 49.1 Å². The van der Waals surface area contributed by atoms with E-state index in [1.807, 2.05) is 0 Å². The quantitative estimate of drug-likeness (QED) is 0.113. The number of nitrogens with zero attached hydrogens (tertiary/aromatic N) is 2. The number of hydrogen-bond donors (Lipinski definition) is 4. The molecule has 0 atom stereocenters. The smallest absolute Gasteiger partial charge is 0.324 e. The lowest BCUT2D eigenvalue weighted by Crippen LogP contribution is -2.33. The first-order valence-electron chi connectivity index (χ1n) is 13.2. The van der Waals surface area contributed by atoms with Crippen LogP contribution in [-0.2, 0) is 22.2 Å². The highest BCUT2D eigenvalue weighted by atomic mass is 31.2. The Morgan fingerprint density at radius 2 is 0.750 bits per heavy atom. The Bertz CT molecular complexity index is 878. The Kier molecular flexibility index (Phi) is 14.1. The molecule has 10 heteroatoms. The van der Waals surface area contributed by atoms with E-state index in [4.69, 9.17) is 19.6 Å². The van der Waals surface area contributed by atoms with E-state index in [2.05, 4.69) is 58.2 Å². The highest BCUT2D eigenvalue weighted by Gasteiger charge is 2.12. The van der Waals surface area contributed by atoms with Gasteiger partial charge in [-0.2, -0.15) is 0 Å². The summed E-state index contributed by atoms with van der Waals surface area (Å²) in [7, 11) is -7.66. The molecule has 0 amide bonds. The van der Waals surface area contributed by atoms with Crippen LogP contribution in [0.2, 0.25) is 0 Å². The lowest BCUT2D eigenvalue weighted by atomic mass is 10.1.